The predicted octanol–water partition coefficient (Wildman–Crippen LogP) is 5.24. The number of fused-ring (bicyclic) bond motifs is 5. The van der Waals surface area contributed by atoms with Gasteiger partial charge in [-0.05, 0) is 124 Å². The molecule has 5 aliphatic carbocycles. The van der Waals surface area contributed by atoms with Gasteiger partial charge in [0.25, 0.3) is 0 Å². The molecule has 5 saturated heterocycles. The minimum Gasteiger partial charge on any atom is -0.390 e. The molecule has 9 heteroatoms. The van der Waals surface area contributed by atoms with Crippen LogP contribution in [0.25, 0.3) is 0 Å². The second kappa shape index (κ2) is 11.6. The molecular formula is C43H70N2O7. The Morgan fingerprint density at radius 1 is 0.885 bits per heavy atom. The van der Waals surface area contributed by atoms with Gasteiger partial charge in [-0.2, -0.15) is 0 Å². The second-order valence-corrected chi connectivity index (χ2v) is 21.5. The summed E-state index contributed by atoms with van der Waals surface area (Å²) in [6.07, 6.45) is 10.0. The molecule has 0 aromatic heterocycles. The van der Waals surface area contributed by atoms with Gasteiger partial charge in [-0.1, -0.05) is 34.6 Å². The standard InChI is InChI=1S/C43H70N2O7/c1-9-48-37(39(5,6)47)26-20-24(2)32-35(51-26)36(46)41(8)29-11-10-28-38(3,4)30(12-14-42(28)23-43(29,42)16-15-40(32,41)7)52-31-22-45(18-19-49-31)34-27-21-44-17-13-25(50-27)33(34)44/h24-37,46-47H,9-23H2,1-8H3/t24-,25?,26?,27?,28+,29?,30+,31+,32+,33?,34?,35?,36+,37+,40-,41-,42-,43+/m1/s1. The van der Waals surface area contributed by atoms with Crippen LogP contribution in [0.3, 0.4) is 0 Å². The maximum atomic E-state index is 12.7. The smallest absolute Gasteiger partial charge is 0.170 e. The quantitative estimate of drug-likeness (QED) is 0.366. The van der Waals surface area contributed by atoms with E-state index in [1.54, 1.807) is 0 Å². The molecule has 18 atom stereocenters. The summed E-state index contributed by atoms with van der Waals surface area (Å²) in [4.78, 5) is 5.33. The fourth-order valence-electron chi connectivity index (χ4n) is 16.9. The highest BCUT2D eigenvalue weighted by Crippen LogP contribution is 2.89. The van der Waals surface area contributed by atoms with Crippen LogP contribution in [0.2, 0.25) is 0 Å². The zero-order chi connectivity index (χ0) is 36.4. The van der Waals surface area contributed by atoms with E-state index < -0.39 is 17.8 Å². The van der Waals surface area contributed by atoms with Crippen molar-refractivity contribution in [2.24, 2.45) is 50.7 Å². The van der Waals surface area contributed by atoms with E-state index >= 15 is 0 Å². The maximum absolute atomic E-state index is 12.7. The number of rotatable bonds is 7. The Morgan fingerprint density at radius 3 is 2.37 bits per heavy atom. The second-order valence-electron chi connectivity index (χ2n) is 21.5. The van der Waals surface area contributed by atoms with Crippen LogP contribution in [0.5, 0.6) is 0 Å². The van der Waals surface area contributed by atoms with Crippen LogP contribution < -0.4 is 0 Å². The number of aliphatic hydroxyl groups is 2. The summed E-state index contributed by atoms with van der Waals surface area (Å²) in [5, 5.41) is 23.8. The highest BCUT2D eigenvalue weighted by atomic mass is 16.7. The van der Waals surface area contributed by atoms with E-state index in [9.17, 15) is 10.2 Å². The first kappa shape index (κ1) is 36.0. The molecule has 0 radical (unpaired) electrons. The Labute approximate surface area is 313 Å². The van der Waals surface area contributed by atoms with Crippen LogP contribution >= 0.6 is 0 Å². The molecule has 10 fully saturated rings. The third kappa shape index (κ3) is 4.49. The average Bonchev–Trinajstić information content (AvgIpc) is 3.21. The lowest BCUT2D eigenvalue weighted by atomic mass is 9.41. The van der Waals surface area contributed by atoms with E-state index in [1.165, 1.54) is 51.5 Å². The fraction of sp³-hybridized carbons (Fsp3) is 1.00. The van der Waals surface area contributed by atoms with Crippen LogP contribution in [0.15, 0.2) is 0 Å². The lowest BCUT2D eigenvalue weighted by Gasteiger charge is -2.64. The first-order valence-corrected chi connectivity index (χ1v) is 21.7. The van der Waals surface area contributed by atoms with Crippen molar-refractivity contribution in [1.29, 1.82) is 0 Å². The van der Waals surface area contributed by atoms with Gasteiger partial charge in [-0.15, -0.1) is 0 Å². The molecule has 0 aromatic carbocycles. The van der Waals surface area contributed by atoms with Gasteiger partial charge in [0, 0.05) is 31.7 Å². The molecule has 0 amide bonds. The van der Waals surface area contributed by atoms with Crippen LogP contribution in [0.4, 0.5) is 0 Å². The first-order chi connectivity index (χ1) is 24.6. The Bertz CT molecular complexity index is 1410. The molecule has 5 aliphatic heterocycles. The molecule has 5 saturated carbocycles. The van der Waals surface area contributed by atoms with Gasteiger partial charge < -0.3 is 33.9 Å². The number of hydrogen-bond donors (Lipinski definition) is 2. The molecular weight excluding hydrogens is 656 g/mol. The third-order valence-electron chi connectivity index (χ3n) is 18.9. The molecule has 52 heavy (non-hydrogen) atoms. The van der Waals surface area contributed by atoms with E-state index in [0.29, 0.717) is 65.4 Å². The Kier molecular flexibility index (Phi) is 8.05. The van der Waals surface area contributed by atoms with Crippen molar-refractivity contribution < 1.29 is 33.9 Å². The molecule has 7 unspecified atom stereocenters. The van der Waals surface area contributed by atoms with Gasteiger partial charge in [0.1, 0.15) is 6.10 Å². The highest BCUT2D eigenvalue weighted by Gasteiger charge is 2.84. The lowest BCUT2D eigenvalue weighted by molar-refractivity contribution is -0.251. The minimum atomic E-state index is -1.01. The topological polar surface area (TPSA) is 93.1 Å². The first-order valence-electron chi connectivity index (χ1n) is 21.7. The molecule has 2 bridgehead atoms. The SMILES string of the molecule is CCO[C@@H](C1C[C@@H](C)[C@H]2C(O1)[C@H](O)[C@@]1(C)C3CC[C@H]4C(C)(C)[C@@H](O[C@H]5CN(C6C7CN8CCC(O7)C68)CCO5)CC[C@@]45C[C@@]35CC[C@]21C)C(C)(C)O. The van der Waals surface area contributed by atoms with Gasteiger partial charge in [0.15, 0.2) is 6.29 Å². The largest absolute Gasteiger partial charge is 0.390 e. The average molecular weight is 727 g/mol. The molecule has 5 heterocycles. The molecule has 0 aromatic rings. The van der Waals surface area contributed by atoms with Gasteiger partial charge in [0.2, 0.25) is 0 Å². The molecule has 10 rings (SSSR count). The van der Waals surface area contributed by atoms with Crippen molar-refractivity contribution in [3.05, 3.63) is 0 Å². The van der Waals surface area contributed by atoms with Gasteiger partial charge in [-0.3, -0.25) is 9.80 Å². The summed E-state index contributed by atoms with van der Waals surface area (Å²) < 4.78 is 33.1. The zero-order valence-electron chi connectivity index (χ0n) is 33.5. The van der Waals surface area contributed by atoms with Gasteiger partial charge in [-0.25, -0.2) is 0 Å². The van der Waals surface area contributed by atoms with Crippen molar-refractivity contribution in [3.8, 4) is 0 Å². The monoisotopic (exact) mass is 727 g/mol. The molecule has 2 spiro atoms. The molecule has 2 N–H and O–H groups in total. The van der Waals surface area contributed by atoms with Gasteiger partial charge >= 0.3 is 0 Å². The normalized spacial score (nSPS) is 56.8. The minimum absolute atomic E-state index is 0.0181. The van der Waals surface area contributed by atoms with Crippen LogP contribution in [0, 0.1) is 50.7 Å². The zero-order valence-corrected chi connectivity index (χ0v) is 33.5. The van der Waals surface area contributed by atoms with E-state index in [0.717, 1.165) is 39.1 Å². The van der Waals surface area contributed by atoms with Crippen molar-refractivity contribution >= 4 is 0 Å². The summed E-state index contributed by atoms with van der Waals surface area (Å²) >= 11 is 0. The number of nitrogens with zero attached hydrogens (tertiary/aromatic N) is 2. The summed E-state index contributed by atoms with van der Waals surface area (Å²) in [6.45, 7) is 23.5. The van der Waals surface area contributed by atoms with Crippen LogP contribution in [-0.4, -0.2) is 126 Å². The van der Waals surface area contributed by atoms with Crippen LogP contribution in [0.1, 0.15) is 113 Å². The van der Waals surface area contributed by atoms with E-state index in [4.69, 9.17) is 23.7 Å². The Morgan fingerprint density at radius 2 is 1.62 bits per heavy atom. The van der Waals surface area contributed by atoms with E-state index in [-0.39, 0.29) is 40.8 Å². The summed E-state index contributed by atoms with van der Waals surface area (Å²) in [7, 11) is 0. The Balaban J connectivity index is 0.865. The lowest BCUT2D eigenvalue weighted by Crippen LogP contribution is -2.60. The Hall–Kier alpha value is -0.360. The predicted molar refractivity (Wildman–Crippen MR) is 196 cm³/mol. The fourth-order valence-corrected chi connectivity index (χ4v) is 16.9. The molecule has 294 valence electrons. The van der Waals surface area contributed by atoms with Gasteiger partial charge in [0.05, 0.1) is 67.5 Å². The number of aliphatic hydroxyl groups excluding tert-OH is 1. The van der Waals surface area contributed by atoms with Crippen molar-refractivity contribution in [2.45, 2.75) is 180 Å². The number of morpholine rings is 2. The van der Waals surface area contributed by atoms with Crippen molar-refractivity contribution in [1.82, 2.24) is 9.80 Å². The highest BCUT2D eigenvalue weighted by molar-refractivity contribution is 5.33. The van der Waals surface area contributed by atoms with E-state index in [2.05, 4.69) is 44.4 Å². The maximum Gasteiger partial charge on any atom is 0.170 e. The summed E-state index contributed by atoms with van der Waals surface area (Å²) in [5.41, 5.74) is -0.478. The summed E-state index contributed by atoms with van der Waals surface area (Å²) in [5.74, 6) is 1.83. The number of hydrogen-bond acceptors (Lipinski definition) is 9. The summed E-state index contributed by atoms with van der Waals surface area (Å²) in [6, 6.07) is 1.06. The van der Waals surface area contributed by atoms with Crippen LogP contribution in [-0.2, 0) is 23.7 Å². The molecule has 10 aliphatic rings. The van der Waals surface area contributed by atoms with E-state index in [1.807, 2.05) is 20.8 Å². The van der Waals surface area contributed by atoms with Crippen molar-refractivity contribution in [3.63, 3.8) is 0 Å². The van der Waals surface area contributed by atoms with Crippen molar-refractivity contribution in [2.75, 3.05) is 39.4 Å². The third-order valence-corrected chi connectivity index (χ3v) is 18.9. The number of ether oxygens (including phenoxy) is 5. The molecule has 9 nitrogen and oxygen atoms in total.